The van der Waals surface area contributed by atoms with Gasteiger partial charge in [0, 0.05) is 24.8 Å². The fraction of sp³-hybridized carbons (Fsp3) is 0.458. The molecule has 0 saturated carbocycles. The molecule has 0 aromatic heterocycles. The molecule has 2 heterocycles. The highest BCUT2D eigenvalue weighted by Crippen LogP contribution is 2.27. The highest BCUT2D eigenvalue weighted by molar-refractivity contribution is 5.91. The first-order chi connectivity index (χ1) is 13.6. The van der Waals surface area contributed by atoms with E-state index >= 15 is 0 Å². The van der Waals surface area contributed by atoms with E-state index in [1.54, 1.807) is 0 Å². The van der Waals surface area contributed by atoms with Crippen LogP contribution in [0.2, 0.25) is 0 Å². The van der Waals surface area contributed by atoms with E-state index in [0.29, 0.717) is 6.04 Å². The van der Waals surface area contributed by atoms with Gasteiger partial charge in [-0.1, -0.05) is 48.5 Å². The molecule has 2 saturated heterocycles. The van der Waals surface area contributed by atoms with Crippen molar-refractivity contribution in [2.24, 2.45) is 5.92 Å². The van der Waals surface area contributed by atoms with E-state index in [-0.39, 0.29) is 6.03 Å². The van der Waals surface area contributed by atoms with Gasteiger partial charge in [-0.2, -0.15) is 0 Å². The average molecular weight is 378 g/mol. The van der Waals surface area contributed by atoms with Gasteiger partial charge in [0.1, 0.15) is 0 Å². The van der Waals surface area contributed by atoms with Crippen LogP contribution in [0.15, 0.2) is 48.5 Å². The maximum absolute atomic E-state index is 12.6. The van der Waals surface area contributed by atoms with Crippen LogP contribution in [0.4, 0.5) is 10.5 Å². The normalized spacial score (nSPS) is 18.7. The maximum atomic E-state index is 12.6. The van der Waals surface area contributed by atoms with Crippen molar-refractivity contribution < 1.29 is 4.79 Å². The molecule has 2 aliphatic heterocycles. The average Bonchev–Trinajstić information content (AvgIpc) is 2.66. The van der Waals surface area contributed by atoms with Crippen molar-refractivity contribution in [2.45, 2.75) is 39.2 Å². The molecule has 0 unspecified atom stereocenters. The lowest BCUT2D eigenvalue weighted by atomic mass is 9.89. The molecule has 2 amide bonds. The number of likely N-dealkylation sites (tertiary alicyclic amines) is 2. The van der Waals surface area contributed by atoms with Crippen LogP contribution in [-0.2, 0) is 6.42 Å². The van der Waals surface area contributed by atoms with E-state index in [1.165, 1.54) is 24.8 Å². The number of nitrogens with zero attached hydrogens (tertiary/aromatic N) is 2. The van der Waals surface area contributed by atoms with Crippen LogP contribution < -0.4 is 5.32 Å². The summed E-state index contributed by atoms with van der Waals surface area (Å²) < 4.78 is 0. The zero-order valence-electron chi connectivity index (χ0n) is 17.0. The number of urea groups is 1. The van der Waals surface area contributed by atoms with Gasteiger partial charge in [0.2, 0.25) is 0 Å². The number of carbonyl (C=O) groups is 1. The summed E-state index contributed by atoms with van der Waals surface area (Å²) in [4.78, 5) is 17.1. The van der Waals surface area contributed by atoms with Crippen LogP contribution in [0.1, 0.15) is 29.5 Å². The minimum atomic E-state index is 0.0348. The third kappa shape index (κ3) is 4.22. The zero-order chi connectivity index (χ0) is 19.5. The van der Waals surface area contributed by atoms with E-state index in [9.17, 15) is 4.79 Å². The second-order valence-corrected chi connectivity index (χ2v) is 8.42. The van der Waals surface area contributed by atoms with E-state index in [0.717, 1.165) is 48.9 Å². The van der Waals surface area contributed by atoms with E-state index in [1.807, 2.05) is 36.9 Å². The molecule has 0 radical (unpaired) electrons. The molecule has 0 bridgehead atoms. The van der Waals surface area contributed by atoms with Crippen molar-refractivity contribution in [3.05, 3.63) is 65.2 Å². The minimum Gasteiger partial charge on any atom is -0.321 e. The molecule has 4 rings (SSSR count). The summed E-state index contributed by atoms with van der Waals surface area (Å²) in [5.41, 5.74) is 4.65. The second-order valence-electron chi connectivity index (χ2n) is 8.42. The van der Waals surface area contributed by atoms with Crippen LogP contribution in [0.25, 0.3) is 0 Å². The van der Waals surface area contributed by atoms with Crippen molar-refractivity contribution >= 4 is 11.7 Å². The Bertz CT molecular complexity index is 786. The predicted octanol–water partition coefficient (Wildman–Crippen LogP) is 4.47. The first kappa shape index (κ1) is 19.0. The fourth-order valence-electron chi connectivity index (χ4n) is 4.52. The van der Waals surface area contributed by atoms with Crippen LogP contribution >= 0.6 is 0 Å². The number of para-hydroxylation sites is 1. The summed E-state index contributed by atoms with van der Waals surface area (Å²) in [7, 11) is 0. The first-order valence-electron chi connectivity index (χ1n) is 10.5. The van der Waals surface area contributed by atoms with Gasteiger partial charge in [0.25, 0.3) is 0 Å². The van der Waals surface area contributed by atoms with Crippen LogP contribution in [0.3, 0.4) is 0 Å². The van der Waals surface area contributed by atoms with Gasteiger partial charge in [-0.25, -0.2) is 4.79 Å². The number of hydrogen-bond acceptors (Lipinski definition) is 2. The molecule has 28 heavy (non-hydrogen) atoms. The Morgan fingerprint density at radius 3 is 2.25 bits per heavy atom. The minimum absolute atomic E-state index is 0.0348. The van der Waals surface area contributed by atoms with Crippen molar-refractivity contribution in [3.63, 3.8) is 0 Å². The van der Waals surface area contributed by atoms with Gasteiger partial charge in [0.05, 0.1) is 0 Å². The first-order valence-corrected chi connectivity index (χ1v) is 10.5. The molecule has 2 aromatic carbocycles. The highest BCUT2D eigenvalue weighted by atomic mass is 16.2. The van der Waals surface area contributed by atoms with E-state index in [2.05, 4.69) is 40.5 Å². The molecule has 0 spiro atoms. The standard InChI is InChI=1S/C24H31N3O/c1-18-7-6-8-19(2)23(18)25-24(28)27-16-22(17-27)26-13-11-21(12-14-26)15-20-9-4-3-5-10-20/h3-10,21-22H,11-17H2,1-2H3,(H,25,28). The zero-order valence-corrected chi connectivity index (χ0v) is 17.0. The maximum Gasteiger partial charge on any atom is 0.321 e. The van der Waals surface area contributed by atoms with Gasteiger partial charge in [-0.15, -0.1) is 0 Å². The summed E-state index contributed by atoms with van der Waals surface area (Å²) >= 11 is 0. The van der Waals surface area contributed by atoms with Crippen molar-refractivity contribution in [1.29, 1.82) is 0 Å². The molecule has 2 fully saturated rings. The Kier molecular flexibility index (Phi) is 5.67. The third-order valence-corrected chi connectivity index (χ3v) is 6.40. The van der Waals surface area contributed by atoms with Crippen molar-refractivity contribution in [3.8, 4) is 0 Å². The fourth-order valence-corrected chi connectivity index (χ4v) is 4.52. The van der Waals surface area contributed by atoms with Crippen LogP contribution in [-0.4, -0.2) is 48.1 Å². The van der Waals surface area contributed by atoms with Gasteiger partial charge in [0.15, 0.2) is 0 Å². The Labute approximate surface area is 168 Å². The lowest BCUT2D eigenvalue weighted by Gasteiger charge is -2.47. The van der Waals surface area contributed by atoms with Crippen LogP contribution in [0, 0.1) is 19.8 Å². The number of rotatable bonds is 4. The van der Waals surface area contributed by atoms with Crippen molar-refractivity contribution in [1.82, 2.24) is 9.80 Å². The molecule has 4 nitrogen and oxygen atoms in total. The monoisotopic (exact) mass is 377 g/mol. The lowest BCUT2D eigenvalue weighted by molar-refractivity contribution is 0.0383. The molecular formula is C24H31N3O. The molecule has 2 aliphatic rings. The number of piperidine rings is 1. The number of hydrogen-bond donors (Lipinski definition) is 1. The molecule has 1 N–H and O–H groups in total. The summed E-state index contributed by atoms with van der Waals surface area (Å²) in [5.74, 6) is 0.794. The van der Waals surface area contributed by atoms with E-state index in [4.69, 9.17) is 0 Å². The second kappa shape index (κ2) is 8.36. The van der Waals surface area contributed by atoms with Gasteiger partial charge < -0.3 is 10.2 Å². The summed E-state index contributed by atoms with van der Waals surface area (Å²) in [6.45, 7) is 8.10. The molecule has 148 valence electrons. The summed E-state index contributed by atoms with van der Waals surface area (Å²) in [5, 5.41) is 3.11. The Hall–Kier alpha value is -2.33. The summed E-state index contributed by atoms with van der Waals surface area (Å²) in [6.07, 6.45) is 3.73. The lowest BCUT2D eigenvalue weighted by Crippen LogP contribution is -2.63. The van der Waals surface area contributed by atoms with Gasteiger partial charge in [-0.05, 0) is 68.8 Å². The SMILES string of the molecule is Cc1cccc(C)c1NC(=O)N1CC(N2CCC(Cc3ccccc3)CC2)C1. The predicted molar refractivity (Wildman–Crippen MR) is 115 cm³/mol. The Balaban J connectivity index is 1.22. The quantitative estimate of drug-likeness (QED) is 0.853. The van der Waals surface area contributed by atoms with Crippen LogP contribution in [0.5, 0.6) is 0 Å². The Morgan fingerprint density at radius 2 is 1.61 bits per heavy atom. The summed E-state index contributed by atoms with van der Waals surface area (Å²) in [6, 6.07) is 17.5. The Morgan fingerprint density at radius 1 is 0.964 bits per heavy atom. The number of nitrogens with one attached hydrogen (secondary N) is 1. The molecule has 0 aliphatic carbocycles. The molecule has 4 heteroatoms. The smallest absolute Gasteiger partial charge is 0.321 e. The number of anilines is 1. The van der Waals surface area contributed by atoms with Gasteiger partial charge in [-0.3, -0.25) is 4.90 Å². The topological polar surface area (TPSA) is 35.6 Å². The highest BCUT2D eigenvalue weighted by Gasteiger charge is 2.36. The molecular weight excluding hydrogens is 346 g/mol. The molecule has 2 aromatic rings. The van der Waals surface area contributed by atoms with E-state index < -0.39 is 0 Å². The number of amides is 2. The van der Waals surface area contributed by atoms with Gasteiger partial charge >= 0.3 is 6.03 Å². The molecule has 0 atom stereocenters. The number of carbonyl (C=O) groups excluding carboxylic acids is 1. The third-order valence-electron chi connectivity index (χ3n) is 6.40. The largest absolute Gasteiger partial charge is 0.321 e. The number of aryl methyl sites for hydroxylation is 2. The number of benzene rings is 2. The van der Waals surface area contributed by atoms with Crippen molar-refractivity contribution in [2.75, 3.05) is 31.5 Å².